The predicted octanol–water partition coefficient (Wildman–Crippen LogP) is 13.2. The number of fused-ring (bicyclic) bond motifs is 17. The molecule has 0 fully saturated rings. The van der Waals surface area contributed by atoms with E-state index in [-0.39, 0.29) is 0 Å². The molecule has 1 aliphatic carbocycles. The van der Waals surface area contributed by atoms with Crippen LogP contribution in [0.2, 0.25) is 0 Å². The van der Waals surface area contributed by atoms with Crippen LogP contribution in [0.1, 0.15) is 50.1 Å². The molecule has 67 heavy (non-hydrogen) atoms. The van der Waals surface area contributed by atoms with Crippen molar-refractivity contribution < 1.29 is 9.47 Å². The molecule has 312 valence electrons. The molecule has 3 aromatic heterocycles. The number of hydrogen-bond acceptors (Lipinski definition) is 8. The van der Waals surface area contributed by atoms with Crippen LogP contribution in [0.15, 0.2) is 207 Å². The number of nitrogens with zero attached hydrogens (tertiary/aromatic N) is 6. The zero-order valence-corrected chi connectivity index (χ0v) is 35.6. The molecular weight excluding hydrogens is 825 g/mol. The van der Waals surface area contributed by atoms with E-state index in [0.29, 0.717) is 28.5 Å². The van der Waals surface area contributed by atoms with E-state index in [1.54, 1.807) is 18.5 Å². The molecule has 8 heteroatoms. The maximum atomic E-state index is 10.6. The second-order valence-electron chi connectivity index (χ2n) is 17.1. The number of aromatic nitrogens is 4. The van der Waals surface area contributed by atoms with Gasteiger partial charge >= 0.3 is 0 Å². The molecule has 3 aliphatic heterocycles. The average Bonchev–Trinajstić information content (AvgIpc) is 3.69. The van der Waals surface area contributed by atoms with Crippen LogP contribution in [0.4, 0.5) is 17.1 Å². The van der Waals surface area contributed by atoms with E-state index in [2.05, 4.69) is 154 Å². The second kappa shape index (κ2) is 13.9. The predicted molar refractivity (Wildman–Crippen MR) is 257 cm³/mol. The summed E-state index contributed by atoms with van der Waals surface area (Å²) in [5, 5.41) is 10.6. The molecule has 14 rings (SSSR count). The monoisotopic (exact) mass is 858 g/mol. The highest BCUT2D eigenvalue weighted by Gasteiger charge is 2.55. The SMILES string of the molecule is N#Cc1cc(-c2cccc3c2Oc2c(N4c5ccccc5C5(c6ccccc6Oc6ccccc65)c5ccccc54)cccc2C32c3cccnc3-c3ncccc32)ccc1-c1ncccn1. The number of anilines is 3. The molecule has 0 atom stereocenters. The topological polar surface area (TPSA) is 97.0 Å². The van der Waals surface area contributed by atoms with E-state index in [1.807, 2.05) is 54.9 Å². The number of rotatable bonds is 3. The first kappa shape index (κ1) is 37.2. The van der Waals surface area contributed by atoms with E-state index < -0.39 is 10.8 Å². The van der Waals surface area contributed by atoms with Gasteiger partial charge in [-0.15, -0.1) is 0 Å². The largest absolute Gasteiger partial charge is 0.457 e. The number of nitriles is 1. The van der Waals surface area contributed by atoms with Gasteiger partial charge in [0.25, 0.3) is 0 Å². The Morgan fingerprint density at radius 1 is 0.403 bits per heavy atom. The normalized spacial score (nSPS) is 14.4. The maximum absolute atomic E-state index is 10.6. The molecule has 0 N–H and O–H groups in total. The van der Waals surface area contributed by atoms with Crippen LogP contribution in [-0.4, -0.2) is 19.9 Å². The van der Waals surface area contributed by atoms with E-state index in [4.69, 9.17) is 19.4 Å². The summed E-state index contributed by atoms with van der Waals surface area (Å²) in [6.45, 7) is 0. The summed E-state index contributed by atoms with van der Waals surface area (Å²) in [4.78, 5) is 21.4. The van der Waals surface area contributed by atoms with Crippen LogP contribution < -0.4 is 14.4 Å². The van der Waals surface area contributed by atoms with Gasteiger partial charge in [0.05, 0.1) is 50.9 Å². The van der Waals surface area contributed by atoms with E-state index >= 15 is 0 Å². The first-order chi connectivity index (χ1) is 33.2. The third-order valence-corrected chi connectivity index (χ3v) is 14.1. The number of ether oxygens (including phenoxy) is 2. The lowest BCUT2D eigenvalue weighted by molar-refractivity contribution is 0.433. The van der Waals surface area contributed by atoms with Crippen LogP contribution >= 0.6 is 0 Å². The smallest absolute Gasteiger partial charge is 0.160 e. The fraction of sp³-hybridized carbons (Fsp3) is 0.0339. The van der Waals surface area contributed by atoms with Gasteiger partial charge in [-0.2, -0.15) is 5.26 Å². The Kier molecular flexibility index (Phi) is 7.72. The maximum Gasteiger partial charge on any atom is 0.160 e. The van der Waals surface area contributed by atoms with Crippen molar-refractivity contribution in [1.29, 1.82) is 5.26 Å². The highest BCUT2D eigenvalue weighted by atomic mass is 16.5. The van der Waals surface area contributed by atoms with E-state index in [9.17, 15) is 5.26 Å². The summed E-state index contributed by atoms with van der Waals surface area (Å²) in [5.41, 5.74) is 14.2. The summed E-state index contributed by atoms with van der Waals surface area (Å²) in [7, 11) is 0. The summed E-state index contributed by atoms with van der Waals surface area (Å²) < 4.78 is 14.3. The molecule has 0 bridgehead atoms. The first-order valence-corrected chi connectivity index (χ1v) is 22.3. The summed E-state index contributed by atoms with van der Waals surface area (Å²) in [5.74, 6) is 3.54. The Balaban J connectivity index is 1.06. The molecule has 2 spiro atoms. The van der Waals surface area contributed by atoms with Crippen molar-refractivity contribution in [2.75, 3.05) is 4.90 Å². The molecule has 6 heterocycles. The van der Waals surface area contributed by atoms with Gasteiger partial charge in [0.15, 0.2) is 11.6 Å². The Morgan fingerprint density at radius 2 is 0.910 bits per heavy atom. The molecule has 0 unspecified atom stereocenters. The van der Waals surface area contributed by atoms with Crippen molar-refractivity contribution in [2.45, 2.75) is 10.8 Å². The standard InChI is InChI=1S/C59H34N6O2/c60-35-37-34-36(28-29-39(37)57-63-32-13-33-64-57)38-14-9-19-46-55(38)67-56-47(59(46)44-21-11-30-61-53(44)54-45(59)22-12-31-62-54)20-10-25-50(56)65-48-23-5-1-15-40(48)58(41-16-2-6-24-49(41)65)42-17-3-7-26-51(42)66-52-27-8-4-18-43(52)58/h1-34H. The average molecular weight is 859 g/mol. The second-order valence-corrected chi connectivity index (χ2v) is 17.1. The van der Waals surface area contributed by atoms with Gasteiger partial charge in [-0.05, 0) is 88.5 Å². The summed E-state index contributed by atoms with van der Waals surface area (Å²) in [6.07, 6.45) is 7.06. The fourth-order valence-corrected chi connectivity index (χ4v) is 11.6. The minimum absolute atomic E-state index is 0.463. The lowest BCUT2D eigenvalue weighted by atomic mass is 9.61. The molecule has 7 aromatic carbocycles. The van der Waals surface area contributed by atoms with Crippen molar-refractivity contribution in [3.05, 3.63) is 257 Å². The molecule has 10 aromatic rings. The van der Waals surface area contributed by atoms with Crippen molar-refractivity contribution in [1.82, 2.24) is 19.9 Å². The molecule has 8 nitrogen and oxygen atoms in total. The van der Waals surface area contributed by atoms with E-state index in [1.165, 1.54) is 0 Å². The summed E-state index contributed by atoms with van der Waals surface area (Å²) in [6, 6.07) is 65.6. The number of para-hydroxylation sites is 6. The Hall–Kier alpha value is -9.19. The molecular formula is C59H34N6O2. The summed E-state index contributed by atoms with van der Waals surface area (Å²) >= 11 is 0. The van der Waals surface area contributed by atoms with Crippen molar-refractivity contribution in [3.8, 4) is 63.0 Å². The minimum atomic E-state index is -0.882. The van der Waals surface area contributed by atoms with Crippen LogP contribution in [0.5, 0.6) is 23.0 Å². The van der Waals surface area contributed by atoms with Crippen molar-refractivity contribution in [3.63, 3.8) is 0 Å². The van der Waals surface area contributed by atoms with Crippen LogP contribution in [0.3, 0.4) is 0 Å². The van der Waals surface area contributed by atoms with Gasteiger partial charge in [0, 0.05) is 58.2 Å². The number of benzene rings is 7. The van der Waals surface area contributed by atoms with Crippen LogP contribution in [0.25, 0.3) is 33.9 Å². The van der Waals surface area contributed by atoms with Gasteiger partial charge < -0.3 is 14.4 Å². The highest BCUT2D eigenvalue weighted by molar-refractivity contribution is 5.96. The van der Waals surface area contributed by atoms with Gasteiger partial charge in [-0.3, -0.25) is 9.97 Å². The molecule has 0 saturated heterocycles. The zero-order valence-electron chi connectivity index (χ0n) is 35.6. The lowest BCUT2D eigenvalue weighted by Gasteiger charge is -2.49. The Bertz CT molecular complexity index is 3630. The van der Waals surface area contributed by atoms with E-state index in [0.717, 1.165) is 95.6 Å². The van der Waals surface area contributed by atoms with Crippen LogP contribution in [-0.2, 0) is 10.8 Å². The van der Waals surface area contributed by atoms with Crippen LogP contribution in [0, 0.1) is 11.3 Å². The first-order valence-electron chi connectivity index (χ1n) is 22.3. The molecule has 0 radical (unpaired) electrons. The van der Waals surface area contributed by atoms with Crippen molar-refractivity contribution in [2.24, 2.45) is 0 Å². The van der Waals surface area contributed by atoms with Gasteiger partial charge in [-0.1, -0.05) is 121 Å². The Labute approximate surface area is 385 Å². The quantitative estimate of drug-likeness (QED) is 0.173. The minimum Gasteiger partial charge on any atom is -0.457 e. The van der Waals surface area contributed by atoms with Gasteiger partial charge in [-0.25, -0.2) is 9.97 Å². The third-order valence-electron chi connectivity index (χ3n) is 14.1. The molecule has 0 amide bonds. The number of pyridine rings is 2. The zero-order chi connectivity index (χ0) is 44.3. The fourth-order valence-electron chi connectivity index (χ4n) is 11.6. The lowest BCUT2D eigenvalue weighted by Crippen LogP contribution is -2.40. The highest BCUT2D eigenvalue weighted by Crippen LogP contribution is 2.67. The molecule has 0 saturated carbocycles. The van der Waals surface area contributed by atoms with Crippen molar-refractivity contribution >= 4 is 17.1 Å². The third kappa shape index (κ3) is 4.84. The van der Waals surface area contributed by atoms with Gasteiger partial charge in [0.1, 0.15) is 17.2 Å². The Morgan fingerprint density at radius 3 is 1.55 bits per heavy atom. The molecule has 4 aliphatic rings. The van der Waals surface area contributed by atoms with Gasteiger partial charge in [0.2, 0.25) is 0 Å². The number of hydrogen-bond donors (Lipinski definition) is 0.